The Morgan fingerprint density at radius 3 is 2.55 bits per heavy atom. The standard InChI is InChI=1S/C12H8ClN5OS/c13-9-10(16-7-4-2-1-3-6(7)15-9)18-11(19)8-5-20-12(14)17-8/h1-5H,(H2,14,17)(H,16,18,19). The Bertz CT molecular complexity index is 803. The highest BCUT2D eigenvalue weighted by Gasteiger charge is 2.14. The summed E-state index contributed by atoms with van der Waals surface area (Å²) in [6.45, 7) is 0. The van der Waals surface area contributed by atoms with Crippen LogP contribution in [0, 0.1) is 0 Å². The van der Waals surface area contributed by atoms with Crippen LogP contribution in [0.2, 0.25) is 5.15 Å². The van der Waals surface area contributed by atoms with Gasteiger partial charge in [-0.15, -0.1) is 11.3 Å². The number of nitrogens with one attached hydrogen (secondary N) is 1. The summed E-state index contributed by atoms with van der Waals surface area (Å²) in [5.74, 6) is -0.230. The fourth-order valence-corrected chi connectivity index (χ4v) is 2.35. The van der Waals surface area contributed by atoms with Crippen molar-refractivity contribution in [2.45, 2.75) is 0 Å². The predicted octanol–water partition coefficient (Wildman–Crippen LogP) is 2.57. The number of carbonyl (C=O) groups is 1. The summed E-state index contributed by atoms with van der Waals surface area (Å²) in [6, 6.07) is 7.25. The van der Waals surface area contributed by atoms with Gasteiger partial charge in [-0.05, 0) is 12.1 Å². The Morgan fingerprint density at radius 1 is 1.20 bits per heavy atom. The number of rotatable bonds is 2. The SMILES string of the molecule is Nc1nc(C(=O)Nc2nc3ccccc3nc2Cl)cs1. The summed E-state index contributed by atoms with van der Waals surface area (Å²) in [5.41, 5.74) is 7.01. The normalized spacial score (nSPS) is 10.7. The molecule has 3 aromatic rings. The third-order valence-electron chi connectivity index (χ3n) is 2.51. The maximum absolute atomic E-state index is 12.0. The van der Waals surface area contributed by atoms with E-state index in [0.717, 1.165) is 0 Å². The molecule has 0 fully saturated rings. The molecule has 8 heteroatoms. The first-order chi connectivity index (χ1) is 9.63. The van der Waals surface area contributed by atoms with Gasteiger partial charge in [0.15, 0.2) is 16.1 Å². The van der Waals surface area contributed by atoms with E-state index in [2.05, 4.69) is 20.3 Å². The number of nitrogen functional groups attached to an aromatic ring is 1. The molecule has 100 valence electrons. The van der Waals surface area contributed by atoms with Crippen LogP contribution in [0.25, 0.3) is 11.0 Å². The van der Waals surface area contributed by atoms with Crippen LogP contribution in [-0.2, 0) is 0 Å². The number of nitrogens with two attached hydrogens (primary N) is 1. The lowest BCUT2D eigenvalue weighted by Crippen LogP contribution is -2.14. The van der Waals surface area contributed by atoms with Crippen LogP contribution in [0.3, 0.4) is 0 Å². The van der Waals surface area contributed by atoms with Gasteiger partial charge in [0.25, 0.3) is 5.91 Å². The molecule has 1 amide bonds. The van der Waals surface area contributed by atoms with E-state index < -0.39 is 5.91 Å². The largest absolute Gasteiger partial charge is 0.375 e. The topological polar surface area (TPSA) is 93.8 Å². The second-order valence-electron chi connectivity index (χ2n) is 3.88. The van der Waals surface area contributed by atoms with Crippen LogP contribution in [0.15, 0.2) is 29.6 Å². The summed E-state index contributed by atoms with van der Waals surface area (Å²) in [5, 5.41) is 4.59. The van der Waals surface area contributed by atoms with Crippen molar-refractivity contribution in [3.8, 4) is 0 Å². The van der Waals surface area contributed by atoms with Crippen molar-refractivity contribution in [1.82, 2.24) is 15.0 Å². The van der Waals surface area contributed by atoms with Gasteiger partial charge in [-0.3, -0.25) is 4.79 Å². The maximum Gasteiger partial charge on any atom is 0.276 e. The zero-order valence-electron chi connectivity index (χ0n) is 10.0. The molecule has 6 nitrogen and oxygen atoms in total. The minimum atomic E-state index is -0.426. The number of amides is 1. The molecule has 0 unspecified atom stereocenters. The zero-order chi connectivity index (χ0) is 14.1. The lowest BCUT2D eigenvalue weighted by molar-refractivity contribution is 0.102. The van der Waals surface area contributed by atoms with Gasteiger partial charge in [-0.25, -0.2) is 15.0 Å². The number of hydrogen-bond acceptors (Lipinski definition) is 6. The molecule has 3 N–H and O–H groups in total. The second-order valence-corrected chi connectivity index (χ2v) is 5.12. The van der Waals surface area contributed by atoms with Crippen LogP contribution < -0.4 is 11.1 Å². The van der Waals surface area contributed by atoms with Gasteiger partial charge in [-0.2, -0.15) is 0 Å². The Morgan fingerprint density at radius 2 is 1.90 bits per heavy atom. The number of benzene rings is 1. The second kappa shape index (κ2) is 5.03. The van der Waals surface area contributed by atoms with E-state index in [1.54, 1.807) is 17.5 Å². The lowest BCUT2D eigenvalue weighted by Gasteiger charge is -2.05. The molecule has 3 rings (SSSR count). The van der Waals surface area contributed by atoms with Crippen molar-refractivity contribution in [2.75, 3.05) is 11.1 Å². The molecular formula is C12H8ClN5OS. The summed E-state index contributed by atoms with van der Waals surface area (Å²) >= 11 is 7.20. The molecule has 0 saturated carbocycles. The van der Waals surface area contributed by atoms with Crippen molar-refractivity contribution in [2.24, 2.45) is 0 Å². The molecule has 0 atom stereocenters. The van der Waals surface area contributed by atoms with E-state index in [1.165, 1.54) is 11.3 Å². The minimum Gasteiger partial charge on any atom is -0.375 e. The number of aromatic nitrogens is 3. The number of hydrogen-bond donors (Lipinski definition) is 2. The molecule has 20 heavy (non-hydrogen) atoms. The van der Waals surface area contributed by atoms with Gasteiger partial charge >= 0.3 is 0 Å². The summed E-state index contributed by atoms with van der Waals surface area (Å²) < 4.78 is 0. The highest BCUT2D eigenvalue weighted by atomic mass is 35.5. The van der Waals surface area contributed by atoms with Crippen LogP contribution in [0.5, 0.6) is 0 Å². The molecule has 0 aliphatic carbocycles. The molecule has 0 aliphatic rings. The summed E-state index contributed by atoms with van der Waals surface area (Å²) in [6.07, 6.45) is 0. The minimum absolute atomic E-state index is 0.125. The van der Waals surface area contributed by atoms with Gasteiger partial charge < -0.3 is 11.1 Å². The molecule has 2 heterocycles. The van der Waals surface area contributed by atoms with Crippen molar-refractivity contribution < 1.29 is 4.79 Å². The van der Waals surface area contributed by atoms with Gasteiger partial charge in [0.1, 0.15) is 5.69 Å². The number of fused-ring (bicyclic) bond motifs is 1. The predicted molar refractivity (Wildman–Crippen MR) is 79.0 cm³/mol. The fraction of sp³-hybridized carbons (Fsp3) is 0. The van der Waals surface area contributed by atoms with Gasteiger partial charge in [0.2, 0.25) is 0 Å². The van der Waals surface area contributed by atoms with Gasteiger partial charge in [-0.1, -0.05) is 23.7 Å². The van der Waals surface area contributed by atoms with Crippen molar-refractivity contribution in [3.05, 3.63) is 40.5 Å². The van der Waals surface area contributed by atoms with E-state index in [1.807, 2.05) is 12.1 Å². The quantitative estimate of drug-likeness (QED) is 0.759. The van der Waals surface area contributed by atoms with Crippen molar-refractivity contribution in [1.29, 1.82) is 0 Å². The number of thiazole rings is 1. The van der Waals surface area contributed by atoms with E-state index in [0.29, 0.717) is 16.2 Å². The molecule has 0 radical (unpaired) electrons. The van der Waals surface area contributed by atoms with E-state index in [9.17, 15) is 4.79 Å². The maximum atomic E-state index is 12.0. The smallest absolute Gasteiger partial charge is 0.276 e. The highest BCUT2D eigenvalue weighted by Crippen LogP contribution is 2.22. The monoisotopic (exact) mass is 305 g/mol. The first-order valence-corrected chi connectivity index (χ1v) is 6.84. The molecule has 0 saturated heterocycles. The van der Waals surface area contributed by atoms with Crippen LogP contribution in [-0.4, -0.2) is 20.9 Å². The summed E-state index contributed by atoms with van der Waals surface area (Å²) in [4.78, 5) is 24.3. The van der Waals surface area contributed by atoms with Gasteiger partial charge in [0.05, 0.1) is 11.0 Å². The van der Waals surface area contributed by atoms with Crippen molar-refractivity contribution in [3.63, 3.8) is 0 Å². The molecule has 0 bridgehead atoms. The Kier molecular flexibility index (Phi) is 3.21. The Labute approximate surface area is 122 Å². The van der Waals surface area contributed by atoms with E-state index in [-0.39, 0.29) is 16.7 Å². The highest BCUT2D eigenvalue weighted by molar-refractivity contribution is 7.13. The third kappa shape index (κ3) is 2.40. The van der Waals surface area contributed by atoms with Crippen LogP contribution >= 0.6 is 22.9 Å². The zero-order valence-corrected chi connectivity index (χ0v) is 11.6. The molecule has 0 spiro atoms. The summed E-state index contributed by atoms with van der Waals surface area (Å²) in [7, 11) is 0. The molecule has 2 aromatic heterocycles. The first kappa shape index (κ1) is 12.8. The number of nitrogens with zero attached hydrogens (tertiary/aromatic N) is 3. The first-order valence-electron chi connectivity index (χ1n) is 5.58. The molecule has 0 aliphatic heterocycles. The third-order valence-corrected chi connectivity index (χ3v) is 3.45. The van der Waals surface area contributed by atoms with Gasteiger partial charge in [0, 0.05) is 5.38 Å². The molecule has 1 aromatic carbocycles. The average Bonchev–Trinajstić information content (AvgIpc) is 2.86. The van der Waals surface area contributed by atoms with Crippen molar-refractivity contribution >= 4 is 50.8 Å². The molecular weight excluding hydrogens is 298 g/mol. The van der Waals surface area contributed by atoms with E-state index in [4.69, 9.17) is 17.3 Å². The number of anilines is 2. The fourth-order valence-electron chi connectivity index (χ4n) is 1.62. The Balaban J connectivity index is 1.94. The number of para-hydroxylation sites is 2. The Hall–Kier alpha value is -2.25. The number of carbonyl (C=O) groups excluding carboxylic acids is 1. The van der Waals surface area contributed by atoms with Crippen LogP contribution in [0.4, 0.5) is 10.9 Å². The average molecular weight is 306 g/mol. The lowest BCUT2D eigenvalue weighted by atomic mass is 10.3. The van der Waals surface area contributed by atoms with E-state index >= 15 is 0 Å². The number of halogens is 1. The van der Waals surface area contributed by atoms with Crippen LogP contribution in [0.1, 0.15) is 10.5 Å².